The van der Waals surface area contributed by atoms with E-state index in [1.807, 2.05) is 44.2 Å². The molecule has 0 heterocycles. The summed E-state index contributed by atoms with van der Waals surface area (Å²) in [6.07, 6.45) is 3.22. The molecular formula is C31H26O2. The quantitative estimate of drug-likeness (QED) is 0.175. The van der Waals surface area contributed by atoms with Crippen molar-refractivity contribution >= 4 is 34.0 Å². The van der Waals surface area contributed by atoms with Crippen LogP contribution in [0.5, 0.6) is 5.75 Å². The molecule has 0 amide bonds. The fraction of sp³-hybridized carbons (Fsp3) is 0.0645. The van der Waals surface area contributed by atoms with E-state index in [0.717, 1.165) is 49.7 Å². The first-order valence-electron chi connectivity index (χ1n) is 10.8. The van der Waals surface area contributed by atoms with Crippen molar-refractivity contribution in [1.82, 2.24) is 0 Å². The molecule has 162 valence electrons. The molecule has 0 N–H and O–H groups in total. The van der Waals surface area contributed by atoms with Crippen molar-refractivity contribution in [2.75, 3.05) is 0 Å². The Balaban J connectivity index is 1.41. The zero-order valence-electron chi connectivity index (χ0n) is 19.0. The Kier molecular flexibility index (Phi) is 6.37. The van der Waals surface area contributed by atoms with Gasteiger partial charge in [-0.15, -0.1) is 0 Å². The first-order valence-corrected chi connectivity index (χ1v) is 10.8. The Morgan fingerprint density at radius 3 is 1.88 bits per heavy atom. The van der Waals surface area contributed by atoms with Crippen molar-refractivity contribution < 1.29 is 9.53 Å². The van der Waals surface area contributed by atoms with Crippen molar-refractivity contribution in [3.05, 3.63) is 121 Å². The van der Waals surface area contributed by atoms with Gasteiger partial charge in [0.25, 0.3) is 0 Å². The van der Waals surface area contributed by atoms with Crippen LogP contribution in [0.15, 0.2) is 104 Å². The summed E-state index contributed by atoms with van der Waals surface area (Å²) in [6.45, 7) is 12.0. The molecule has 2 heteroatoms. The molecule has 4 aromatic carbocycles. The number of esters is 1. The molecule has 0 bridgehead atoms. The van der Waals surface area contributed by atoms with Gasteiger partial charge in [-0.25, -0.2) is 4.79 Å². The lowest BCUT2D eigenvalue weighted by molar-refractivity contribution is -0.128. The fourth-order valence-electron chi connectivity index (χ4n) is 3.61. The van der Waals surface area contributed by atoms with E-state index in [-0.39, 0.29) is 0 Å². The molecule has 0 aromatic heterocycles. The Bertz CT molecular complexity index is 1370. The summed E-state index contributed by atoms with van der Waals surface area (Å²) in [5, 5.41) is 2.26. The van der Waals surface area contributed by atoms with Crippen LogP contribution in [0.2, 0.25) is 0 Å². The average Bonchev–Trinajstić information content (AvgIpc) is 2.83. The molecule has 2 nitrogen and oxygen atoms in total. The molecule has 4 aromatic rings. The van der Waals surface area contributed by atoms with E-state index < -0.39 is 5.97 Å². The molecule has 0 spiro atoms. The van der Waals surface area contributed by atoms with Gasteiger partial charge < -0.3 is 4.74 Å². The van der Waals surface area contributed by atoms with Crippen molar-refractivity contribution in [3.8, 4) is 16.9 Å². The van der Waals surface area contributed by atoms with Gasteiger partial charge in [0.2, 0.25) is 0 Å². The van der Waals surface area contributed by atoms with Crippen LogP contribution in [-0.4, -0.2) is 5.97 Å². The summed E-state index contributed by atoms with van der Waals surface area (Å²) in [6, 6.07) is 28.1. The molecule has 0 fully saturated rings. The highest BCUT2D eigenvalue weighted by molar-refractivity contribution is 5.91. The van der Waals surface area contributed by atoms with Gasteiger partial charge in [0.1, 0.15) is 5.75 Å². The Morgan fingerprint density at radius 2 is 1.24 bits per heavy atom. The van der Waals surface area contributed by atoms with Crippen molar-refractivity contribution in [2.45, 2.75) is 13.8 Å². The molecule has 0 saturated carbocycles. The lowest BCUT2D eigenvalue weighted by atomic mass is 10.0. The van der Waals surface area contributed by atoms with Gasteiger partial charge in [0.05, 0.1) is 0 Å². The summed E-state index contributed by atoms with van der Waals surface area (Å²) in [5.74, 6) is 0.101. The fourth-order valence-corrected chi connectivity index (χ4v) is 3.61. The van der Waals surface area contributed by atoms with Gasteiger partial charge in [-0.3, -0.25) is 0 Å². The summed E-state index contributed by atoms with van der Waals surface area (Å²) in [5.41, 5.74) is 7.43. The maximum absolute atomic E-state index is 12.3. The van der Waals surface area contributed by atoms with Crippen LogP contribution in [0.25, 0.3) is 39.1 Å². The molecule has 0 aliphatic carbocycles. The number of ether oxygens (including phenoxy) is 1. The predicted octanol–water partition coefficient (Wildman–Crippen LogP) is 8.19. The normalized spacial score (nSPS) is 11.0. The smallest absolute Gasteiger partial charge is 0.336 e. The van der Waals surface area contributed by atoms with E-state index in [4.69, 9.17) is 4.74 Å². The van der Waals surface area contributed by atoms with Crippen LogP contribution in [0.3, 0.4) is 0 Å². The second-order valence-electron chi connectivity index (χ2n) is 8.24. The highest BCUT2D eigenvalue weighted by Gasteiger charge is 2.04. The topological polar surface area (TPSA) is 26.3 Å². The van der Waals surface area contributed by atoms with Crippen LogP contribution in [0.1, 0.15) is 30.5 Å². The SMILES string of the molecule is C=C(C)c1ccc(-c2ccc(OC(=O)/C=C/c3ccc4cc(C(=C)C)ccc4c3)cc2)cc1. The molecule has 0 aliphatic rings. The summed E-state index contributed by atoms with van der Waals surface area (Å²) >= 11 is 0. The molecule has 0 radical (unpaired) electrons. The van der Waals surface area contributed by atoms with Crippen LogP contribution < -0.4 is 4.74 Å². The Labute approximate surface area is 195 Å². The minimum Gasteiger partial charge on any atom is -0.423 e. The van der Waals surface area contributed by atoms with Crippen LogP contribution >= 0.6 is 0 Å². The van der Waals surface area contributed by atoms with Gasteiger partial charge in [0, 0.05) is 6.08 Å². The maximum Gasteiger partial charge on any atom is 0.336 e. The third-order valence-corrected chi connectivity index (χ3v) is 5.55. The maximum atomic E-state index is 12.3. The van der Waals surface area contributed by atoms with Crippen LogP contribution in [0, 0.1) is 0 Å². The number of hydrogen-bond donors (Lipinski definition) is 0. The first kappa shape index (κ1) is 22.0. The monoisotopic (exact) mass is 430 g/mol. The highest BCUT2D eigenvalue weighted by atomic mass is 16.5. The summed E-state index contributed by atoms with van der Waals surface area (Å²) < 4.78 is 5.46. The lowest BCUT2D eigenvalue weighted by Crippen LogP contribution is -2.03. The zero-order valence-corrected chi connectivity index (χ0v) is 19.0. The van der Waals surface area contributed by atoms with E-state index >= 15 is 0 Å². The number of benzene rings is 4. The van der Waals surface area contributed by atoms with E-state index in [0.29, 0.717) is 5.75 Å². The molecule has 0 unspecified atom stereocenters. The number of hydrogen-bond acceptors (Lipinski definition) is 2. The number of rotatable bonds is 6. The van der Waals surface area contributed by atoms with E-state index in [1.165, 1.54) is 6.08 Å². The molecule has 0 atom stereocenters. The lowest BCUT2D eigenvalue weighted by Gasteiger charge is -2.06. The van der Waals surface area contributed by atoms with Gasteiger partial charge in [-0.1, -0.05) is 85.0 Å². The summed E-state index contributed by atoms with van der Waals surface area (Å²) in [7, 11) is 0. The standard InChI is InChI=1S/C31H26O2/c1-21(2)24-8-10-25(11-9-24)26-14-16-30(17-15-26)33-31(32)18-6-23-5-7-29-20-27(22(3)4)12-13-28(29)19-23/h5-20H,1,3H2,2,4H3/b18-6+. The second-order valence-corrected chi connectivity index (χ2v) is 8.24. The third kappa shape index (κ3) is 5.36. The summed E-state index contributed by atoms with van der Waals surface area (Å²) in [4.78, 5) is 12.3. The Morgan fingerprint density at radius 1 is 0.697 bits per heavy atom. The molecule has 0 aliphatic heterocycles. The number of fused-ring (bicyclic) bond motifs is 1. The largest absolute Gasteiger partial charge is 0.423 e. The average molecular weight is 431 g/mol. The number of allylic oxidation sites excluding steroid dienone is 2. The minimum atomic E-state index is -0.411. The predicted molar refractivity (Wildman–Crippen MR) is 140 cm³/mol. The van der Waals surface area contributed by atoms with Crippen molar-refractivity contribution in [2.24, 2.45) is 0 Å². The van der Waals surface area contributed by atoms with Crippen LogP contribution in [0.4, 0.5) is 0 Å². The molecule has 0 saturated heterocycles. The van der Waals surface area contributed by atoms with Gasteiger partial charge in [-0.05, 0) is 82.8 Å². The van der Waals surface area contributed by atoms with E-state index in [2.05, 4.69) is 67.8 Å². The van der Waals surface area contributed by atoms with Crippen molar-refractivity contribution in [3.63, 3.8) is 0 Å². The Hall–Kier alpha value is -4.17. The second kappa shape index (κ2) is 9.54. The minimum absolute atomic E-state index is 0.411. The third-order valence-electron chi connectivity index (χ3n) is 5.55. The number of carbonyl (C=O) groups excluding carboxylic acids is 1. The molecule has 4 rings (SSSR count). The van der Waals surface area contributed by atoms with Gasteiger partial charge in [-0.2, -0.15) is 0 Å². The molecule has 33 heavy (non-hydrogen) atoms. The van der Waals surface area contributed by atoms with E-state index in [1.54, 1.807) is 6.08 Å². The van der Waals surface area contributed by atoms with Gasteiger partial charge >= 0.3 is 5.97 Å². The molecular weight excluding hydrogens is 404 g/mol. The zero-order chi connectivity index (χ0) is 23.4. The number of carbonyl (C=O) groups is 1. The highest BCUT2D eigenvalue weighted by Crippen LogP contribution is 2.25. The van der Waals surface area contributed by atoms with E-state index in [9.17, 15) is 4.79 Å². The first-order chi connectivity index (χ1) is 15.9. The van der Waals surface area contributed by atoms with Gasteiger partial charge in [0.15, 0.2) is 0 Å². The van der Waals surface area contributed by atoms with Crippen molar-refractivity contribution in [1.29, 1.82) is 0 Å². The van der Waals surface area contributed by atoms with Crippen LogP contribution in [-0.2, 0) is 4.79 Å².